The first-order valence-electron chi connectivity index (χ1n) is 8.54. The van der Waals surface area contributed by atoms with E-state index < -0.39 is 0 Å². The topological polar surface area (TPSA) is 58.2 Å². The van der Waals surface area contributed by atoms with E-state index in [1.807, 2.05) is 12.1 Å². The summed E-state index contributed by atoms with van der Waals surface area (Å²) in [5.41, 5.74) is 2.92. The Bertz CT molecular complexity index is 759. The summed E-state index contributed by atoms with van der Waals surface area (Å²) in [4.78, 5) is 24.0. The number of hydrogen-bond donors (Lipinski definition) is 2. The SMILES string of the molecule is O=C(CCCNC(=O)c1ccc(F)cc1)NC1CCc2ccccc21. The van der Waals surface area contributed by atoms with Crippen molar-refractivity contribution in [1.82, 2.24) is 10.6 Å². The molecular formula is C20H21FN2O2. The van der Waals surface area contributed by atoms with Crippen molar-refractivity contribution >= 4 is 11.8 Å². The van der Waals surface area contributed by atoms with Crippen LogP contribution in [0.4, 0.5) is 4.39 Å². The Morgan fingerprint density at radius 3 is 2.64 bits per heavy atom. The molecule has 4 nitrogen and oxygen atoms in total. The van der Waals surface area contributed by atoms with Gasteiger partial charge in [0.1, 0.15) is 5.82 Å². The molecule has 3 rings (SSSR count). The van der Waals surface area contributed by atoms with Gasteiger partial charge in [-0.05, 0) is 54.7 Å². The van der Waals surface area contributed by atoms with E-state index in [0.717, 1.165) is 12.8 Å². The minimum atomic E-state index is -0.373. The second kappa shape index (κ2) is 7.92. The fourth-order valence-electron chi connectivity index (χ4n) is 3.13. The minimum Gasteiger partial charge on any atom is -0.352 e. The fraction of sp³-hybridized carbons (Fsp3) is 0.300. The molecule has 0 saturated carbocycles. The molecule has 2 aromatic rings. The smallest absolute Gasteiger partial charge is 0.251 e. The van der Waals surface area contributed by atoms with Crippen LogP contribution < -0.4 is 10.6 Å². The average molecular weight is 340 g/mol. The Labute approximate surface area is 146 Å². The number of halogens is 1. The molecule has 1 aliphatic carbocycles. The van der Waals surface area contributed by atoms with Crippen molar-refractivity contribution in [2.75, 3.05) is 6.54 Å². The van der Waals surface area contributed by atoms with Crippen LogP contribution in [0.2, 0.25) is 0 Å². The number of fused-ring (bicyclic) bond motifs is 1. The summed E-state index contributed by atoms with van der Waals surface area (Å²) in [7, 11) is 0. The predicted molar refractivity (Wildman–Crippen MR) is 93.6 cm³/mol. The van der Waals surface area contributed by atoms with Gasteiger partial charge in [0.2, 0.25) is 5.91 Å². The Morgan fingerprint density at radius 1 is 1.08 bits per heavy atom. The summed E-state index contributed by atoms with van der Waals surface area (Å²) in [6.07, 6.45) is 2.86. The summed E-state index contributed by atoms with van der Waals surface area (Å²) in [6.45, 7) is 0.408. The summed E-state index contributed by atoms with van der Waals surface area (Å²) >= 11 is 0. The normalized spacial score (nSPS) is 15.5. The fourth-order valence-corrected chi connectivity index (χ4v) is 3.13. The molecule has 2 N–H and O–H groups in total. The maximum Gasteiger partial charge on any atom is 0.251 e. The molecule has 0 fully saturated rings. The molecule has 0 aromatic heterocycles. The van der Waals surface area contributed by atoms with Crippen molar-refractivity contribution in [3.05, 3.63) is 71.0 Å². The lowest BCUT2D eigenvalue weighted by Crippen LogP contribution is -2.29. The molecule has 2 amide bonds. The van der Waals surface area contributed by atoms with E-state index in [2.05, 4.69) is 22.8 Å². The third-order valence-corrected chi connectivity index (χ3v) is 4.44. The molecule has 25 heavy (non-hydrogen) atoms. The van der Waals surface area contributed by atoms with E-state index in [0.29, 0.717) is 24.9 Å². The molecule has 1 unspecified atom stereocenters. The molecule has 130 valence electrons. The molecule has 5 heteroatoms. The number of carbonyl (C=O) groups is 2. The van der Waals surface area contributed by atoms with Gasteiger partial charge in [-0.2, -0.15) is 0 Å². The van der Waals surface area contributed by atoms with E-state index in [-0.39, 0.29) is 23.7 Å². The van der Waals surface area contributed by atoms with Crippen LogP contribution in [0.5, 0.6) is 0 Å². The third kappa shape index (κ3) is 4.44. The van der Waals surface area contributed by atoms with Gasteiger partial charge in [-0.3, -0.25) is 9.59 Å². The zero-order valence-corrected chi connectivity index (χ0v) is 13.9. The van der Waals surface area contributed by atoms with E-state index in [1.54, 1.807) is 0 Å². The van der Waals surface area contributed by atoms with Crippen LogP contribution >= 0.6 is 0 Å². The maximum atomic E-state index is 12.8. The molecule has 0 aliphatic heterocycles. The molecule has 1 atom stereocenters. The van der Waals surface area contributed by atoms with E-state index >= 15 is 0 Å². The lowest BCUT2D eigenvalue weighted by atomic mass is 10.1. The predicted octanol–water partition coefficient (Wildman–Crippen LogP) is 3.14. The van der Waals surface area contributed by atoms with Gasteiger partial charge in [0.15, 0.2) is 0 Å². The number of rotatable bonds is 6. The Morgan fingerprint density at radius 2 is 1.84 bits per heavy atom. The van der Waals surface area contributed by atoms with Crippen LogP contribution in [0.25, 0.3) is 0 Å². The Balaban J connectivity index is 1.39. The summed E-state index contributed by atoms with van der Waals surface area (Å²) in [5.74, 6) is -0.635. The van der Waals surface area contributed by atoms with Crippen molar-refractivity contribution in [1.29, 1.82) is 0 Å². The third-order valence-electron chi connectivity index (χ3n) is 4.44. The molecule has 2 aromatic carbocycles. The van der Waals surface area contributed by atoms with Gasteiger partial charge in [-0.1, -0.05) is 24.3 Å². The van der Waals surface area contributed by atoms with Gasteiger partial charge in [0.05, 0.1) is 6.04 Å². The molecule has 0 bridgehead atoms. The van der Waals surface area contributed by atoms with Crippen LogP contribution in [0.3, 0.4) is 0 Å². The highest BCUT2D eigenvalue weighted by Crippen LogP contribution is 2.30. The Hall–Kier alpha value is -2.69. The largest absolute Gasteiger partial charge is 0.352 e. The van der Waals surface area contributed by atoms with Crippen LogP contribution in [0.15, 0.2) is 48.5 Å². The highest BCUT2D eigenvalue weighted by Gasteiger charge is 2.22. The first-order valence-corrected chi connectivity index (χ1v) is 8.54. The van der Waals surface area contributed by atoms with Gasteiger partial charge in [0.25, 0.3) is 5.91 Å². The van der Waals surface area contributed by atoms with Crippen molar-refractivity contribution in [2.45, 2.75) is 31.7 Å². The van der Waals surface area contributed by atoms with Crippen molar-refractivity contribution in [3.63, 3.8) is 0 Å². The van der Waals surface area contributed by atoms with Gasteiger partial charge in [-0.25, -0.2) is 4.39 Å². The molecule has 0 radical (unpaired) electrons. The van der Waals surface area contributed by atoms with E-state index in [4.69, 9.17) is 0 Å². The standard InChI is InChI=1S/C20H21FN2O2/c21-16-10-7-15(8-11-16)20(25)22-13-3-6-19(24)23-18-12-9-14-4-1-2-5-17(14)18/h1-2,4-5,7-8,10-11,18H,3,6,9,12-13H2,(H,22,25)(H,23,24). The number of amides is 2. The first kappa shape index (κ1) is 17.1. The minimum absolute atomic E-state index is 0.00210. The van der Waals surface area contributed by atoms with Crippen LogP contribution in [0.1, 0.15) is 46.8 Å². The van der Waals surface area contributed by atoms with Gasteiger partial charge >= 0.3 is 0 Å². The van der Waals surface area contributed by atoms with Crippen molar-refractivity contribution in [3.8, 4) is 0 Å². The molecule has 0 heterocycles. The number of aryl methyl sites for hydroxylation is 1. The zero-order chi connectivity index (χ0) is 17.6. The zero-order valence-electron chi connectivity index (χ0n) is 13.9. The van der Waals surface area contributed by atoms with Gasteiger partial charge < -0.3 is 10.6 Å². The lowest BCUT2D eigenvalue weighted by Gasteiger charge is -2.14. The van der Waals surface area contributed by atoms with Gasteiger partial charge in [0, 0.05) is 18.5 Å². The van der Waals surface area contributed by atoms with Crippen molar-refractivity contribution in [2.24, 2.45) is 0 Å². The van der Waals surface area contributed by atoms with E-state index in [1.165, 1.54) is 35.4 Å². The van der Waals surface area contributed by atoms with Crippen LogP contribution in [0, 0.1) is 5.82 Å². The van der Waals surface area contributed by atoms with Crippen LogP contribution in [-0.4, -0.2) is 18.4 Å². The monoisotopic (exact) mass is 340 g/mol. The maximum absolute atomic E-state index is 12.8. The highest BCUT2D eigenvalue weighted by atomic mass is 19.1. The van der Waals surface area contributed by atoms with Gasteiger partial charge in [-0.15, -0.1) is 0 Å². The summed E-state index contributed by atoms with van der Waals surface area (Å²) in [6, 6.07) is 13.7. The lowest BCUT2D eigenvalue weighted by molar-refractivity contribution is -0.121. The molecule has 1 aliphatic rings. The molecule has 0 spiro atoms. The van der Waals surface area contributed by atoms with Crippen LogP contribution in [-0.2, 0) is 11.2 Å². The number of nitrogens with one attached hydrogen (secondary N) is 2. The average Bonchev–Trinajstić information content (AvgIpc) is 3.02. The molecular weight excluding hydrogens is 319 g/mol. The highest BCUT2D eigenvalue weighted by molar-refractivity contribution is 5.94. The second-order valence-corrected chi connectivity index (χ2v) is 6.22. The van der Waals surface area contributed by atoms with Crippen molar-refractivity contribution < 1.29 is 14.0 Å². The van der Waals surface area contributed by atoms with E-state index in [9.17, 15) is 14.0 Å². The summed E-state index contributed by atoms with van der Waals surface area (Å²) in [5, 5.41) is 5.81. The number of benzene rings is 2. The number of hydrogen-bond acceptors (Lipinski definition) is 2. The second-order valence-electron chi connectivity index (χ2n) is 6.22. The number of carbonyl (C=O) groups excluding carboxylic acids is 2. The summed E-state index contributed by atoms with van der Waals surface area (Å²) < 4.78 is 12.8. The Kier molecular flexibility index (Phi) is 5.43. The quantitative estimate of drug-likeness (QED) is 0.794. The first-order chi connectivity index (χ1) is 12.1. The molecule has 0 saturated heterocycles.